The lowest BCUT2D eigenvalue weighted by molar-refractivity contribution is 1.18. The summed E-state index contributed by atoms with van der Waals surface area (Å²) < 4.78 is 4.46. The summed E-state index contributed by atoms with van der Waals surface area (Å²) >= 11 is 0. The van der Waals surface area contributed by atoms with E-state index in [4.69, 9.17) is 0 Å². The number of benzene rings is 7. The molecule has 0 aliphatic heterocycles. The number of aromatic nitrogens is 2. The van der Waals surface area contributed by atoms with Crippen molar-refractivity contribution in [1.82, 2.24) is 9.13 Å². The van der Waals surface area contributed by atoms with Gasteiger partial charge in [0.1, 0.15) is 0 Å². The summed E-state index contributed by atoms with van der Waals surface area (Å²) in [5.41, 5.74) is 11.5. The van der Waals surface area contributed by atoms with Crippen LogP contribution in [0, 0.1) is 34.0 Å². The van der Waals surface area contributed by atoms with Crippen molar-refractivity contribution >= 4 is 43.6 Å². The summed E-state index contributed by atoms with van der Waals surface area (Å²) in [5, 5.41) is 33.9. The molecule has 2 heterocycles. The van der Waals surface area contributed by atoms with E-state index in [9.17, 15) is 15.8 Å². The van der Waals surface area contributed by atoms with Gasteiger partial charge in [-0.05, 0) is 95.6 Å². The molecule has 0 fully saturated rings. The van der Waals surface area contributed by atoms with Gasteiger partial charge in [-0.2, -0.15) is 15.8 Å². The molecule has 0 saturated carbocycles. The van der Waals surface area contributed by atoms with Crippen LogP contribution in [0.1, 0.15) is 16.7 Å². The first kappa shape index (κ1) is 28.8. The predicted molar refractivity (Wildman–Crippen MR) is 200 cm³/mol. The zero-order valence-electron chi connectivity index (χ0n) is 26.7. The Morgan fingerprint density at radius 1 is 0.400 bits per heavy atom. The molecule has 0 atom stereocenters. The molecule has 0 N–H and O–H groups in total. The van der Waals surface area contributed by atoms with Gasteiger partial charge in [-0.1, -0.05) is 72.8 Å². The summed E-state index contributed by atoms with van der Waals surface area (Å²) in [6, 6.07) is 57.9. The molecule has 5 heteroatoms. The lowest BCUT2D eigenvalue weighted by Crippen LogP contribution is -1.98. The second-order valence-corrected chi connectivity index (χ2v) is 12.3. The van der Waals surface area contributed by atoms with Gasteiger partial charge in [-0.25, -0.2) is 0 Å². The van der Waals surface area contributed by atoms with Crippen LogP contribution in [0.3, 0.4) is 0 Å². The average molecular weight is 636 g/mol. The molecule has 0 aliphatic rings. The number of nitriles is 3. The van der Waals surface area contributed by atoms with E-state index in [1.54, 1.807) is 0 Å². The first-order valence-electron chi connectivity index (χ1n) is 16.3. The van der Waals surface area contributed by atoms with Crippen LogP contribution in [0.25, 0.3) is 77.2 Å². The monoisotopic (exact) mass is 635 g/mol. The number of hydrogen-bond donors (Lipinski definition) is 0. The van der Waals surface area contributed by atoms with Crippen molar-refractivity contribution in [2.24, 2.45) is 0 Å². The van der Waals surface area contributed by atoms with Crippen LogP contribution < -0.4 is 0 Å². The van der Waals surface area contributed by atoms with Crippen LogP contribution >= 0.6 is 0 Å². The Labute approximate surface area is 287 Å². The molecule has 7 aromatic carbocycles. The molecular formula is C45H25N5. The molecule has 9 rings (SSSR count). The van der Waals surface area contributed by atoms with E-state index >= 15 is 0 Å². The van der Waals surface area contributed by atoms with Crippen molar-refractivity contribution in [2.75, 3.05) is 0 Å². The molecule has 2 aromatic heterocycles. The molecule has 0 radical (unpaired) electrons. The zero-order chi connectivity index (χ0) is 33.8. The van der Waals surface area contributed by atoms with Crippen molar-refractivity contribution in [2.45, 2.75) is 0 Å². The lowest BCUT2D eigenvalue weighted by Gasteiger charge is -2.16. The van der Waals surface area contributed by atoms with E-state index in [2.05, 4.69) is 112 Å². The topological polar surface area (TPSA) is 81.2 Å². The molecule has 5 nitrogen and oxygen atoms in total. The molecular weight excluding hydrogens is 611 g/mol. The molecule has 0 aliphatic carbocycles. The molecule has 0 bridgehead atoms. The quantitative estimate of drug-likeness (QED) is 0.193. The lowest BCUT2D eigenvalue weighted by atomic mass is 9.95. The summed E-state index contributed by atoms with van der Waals surface area (Å²) in [4.78, 5) is 0. The molecule has 0 amide bonds. The van der Waals surface area contributed by atoms with Crippen LogP contribution in [0.5, 0.6) is 0 Å². The highest BCUT2D eigenvalue weighted by atomic mass is 15.0. The van der Waals surface area contributed by atoms with Gasteiger partial charge in [0.05, 0.1) is 62.7 Å². The van der Waals surface area contributed by atoms with Crippen LogP contribution in [0.4, 0.5) is 0 Å². The molecule has 50 heavy (non-hydrogen) atoms. The molecule has 9 aromatic rings. The minimum absolute atomic E-state index is 0.542. The first-order chi connectivity index (χ1) is 24.7. The SMILES string of the molecule is N#Cc1cc(-c2cccc(-n3c4ccc(C#N)cc4c4c(C#N)cccc43)c2)cc(-c2ccccc2-n2c3ccccc3c3ccccc32)c1. The maximum Gasteiger partial charge on any atom is 0.0998 e. The fraction of sp³-hybridized carbons (Fsp3) is 0. The number of rotatable bonds is 4. The normalized spacial score (nSPS) is 11.1. The van der Waals surface area contributed by atoms with Gasteiger partial charge in [0.25, 0.3) is 0 Å². The van der Waals surface area contributed by atoms with Crippen molar-refractivity contribution in [3.05, 3.63) is 168 Å². The van der Waals surface area contributed by atoms with E-state index in [0.717, 1.165) is 66.5 Å². The summed E-state index contributed by atoms with van der Waals surface area (Å²) in [6.45, 7) is 0. The summed E-state index contributed by atoms with van der Waals surface area (Å²) in [6.07, 6.45) is 0. The van der Waals surface area contributed by atoms with Crippen LogP contribution in [-0.4, -0.2) is 9.13 Å². The standard InChI is InChI=1S/C45H25N5/c46-26-29-19-20-43-39(23-29)45-32(28-48)10-8-18-44(45)49(43)35-11-7-9-31(25-35)33-21-30(27-47)22-34(24-33)36-12-1-4-15-40(36)50-41-16-5-2-13-37(41)38-14-3-6-17-42(38)50/h1-25H. The summed E-state index contributed by atoms with van der Waals surface area (Å²) in [5.74, 6) is 0. The minimum Gasteiger partial charge on any atom is -0.309 e. The van der Waals surface area contributed by atoms with Crippen LogP contribution in [0.2, 0.25) is 0 Å². The third kappa shape index (κ3) is 4.38. The Hall–Kier alpha value is -7.39. The highest BCUT2D eigenvalue weighted by Gasteiger charge is 2.18. The van der Waals surface area contributed by atoms with Crippen LogP contribution in [0.15, 0.2) is 152 Å². The van der Waals surface area contributed by atoms with Gasteiger partial charge in [-0.3, -0.25) is 0 Å². The Morgan fingerprint density at radius 3 is 1.82 bits per heavy atom. The minimum atomic E-state index is 0.542. The maximum absolute atomic E-state index is 10.2. The Morgan fingerprint density at radius 2 is 1.06 bits per heavy atom. The highest BCUT2D eigenvalue weighted by Crippen LogP contribution is 2.39. The van der Waals surface area contributed by atoms with Gasteiger partial charge < -0.3 is 9.13 Å². The Balaban J connectivity index is 1.24. The molecule has 0 spiro atoms. The Bertz CT molecular complexity index is 2920. The van der Waals surface area contributed by atoms with Crippen molar-refractivity contribution in [3.63, 3.8) is 0 Å². The third-order valence-electron chi connectivity index (χ3n) is 9.58. The van der Waals surface area contributed by atoms with Crippen molar-refractivity contribution in [1.29, 1.82) is 15.8 Å². The van der Waals surface area contributed by atoms with Gasteiger partial charge >= 0.3 is 0 Å². The third-order valence-corrected chi connectivity index (χ3v) is 9.58. The number of hydrogen-bond acceptors (Lipinski definition) is 3. The molecule has 0 unspecified atom stereocenters. The summed E-state index contributed by atoms with van der Waals surface area (Å²) in [7, 11) is 0. The van der Waals surface area contributed by atoms with E-state index < -0.39 is 0 Å². The average Bonchev–Trinajstić information content (AvgIpc) is 3.70. The number of nitrogens with zero attached hydrogens (tertiary/aromatic N) is 5. The zero-order valence-corrected chi connectivity index (χ0v) is 26.7. The molecule has 230 valence electrons. The van der Waals surface area contributed by atoms with E-state index in [0.29, 0.717) is 16.7 Å². The van der Waals surface area contributed by atoms with Gasteiger partial charge in [0.15, 0.2) is 0 Å². The Kier molecular flexibility index (Phi) is 6.56. The van der Waals surface area contributed by atoms with Crippen molar-refractivity contribution < 1.29 is 0 Å². The van der Waals surface area contributed by atoms with E-state index in [-0.39, 0.29) is 0 Å². The van der Waals surface area contributed by atoms with Gasteiger partial charge in [0.2, 0.25) is 0 Å². The number of fused-ring (bicyclic) bond motifs is 6. The molecule has 0 saturated heterocycles. The maximum atomic E-state index is 10.2. The fourth-order valence-corrected chi connectivity index (χ4v) is 7.45. The van der Waals surface area contributed by atoms with Crippen LogP contribution in [-0.2, 0) is 0 Å². The fourth-order valence-electron chi connectivity index (χ4n) is 7.45. The second kappa shape index (κ2) is 11.4. The largest absolute Gasteiger partial charge is 0.309 e. The van der Waals surface area contributed by atoms with E-state index in [1.165, 1.54) is 10.8 Å². The second-order valence-electron chi connectivity index (χ2n) is 12.3. The highest BCUT2D eigenvalue weighted by molar-refractivity contribution is 6.12. The van der Waals surface area contributed by atoms with Crippen molar-refractivity contribution in [3.8, 4) is 51.8 Å². The predicted octanol–water partition coefficient (Wildman–Crippen LogP) is 10.8. The van der Waals surface area contributed by atoms with Gasteiger partial charge in [0, 0.05) is 32.8 Å². The smallest absolute Gasteiger partial charge is 0.0998 e. The van der Waals surface area contributed by atoms with E-state index in [1.807, 2.05) is 66.7 Å². The number of para-hydroxylation sites is 3. The first-order valence-corrected chi connectivity index (χ1v) is 16.3. The van der Waals surface area contributed by atoms with Gasteiger partial charge in [-0.15, -0.1) is 0 Å².